The van der Waals surface area contributed by atoms with Crippen LogP contribution in [-0.2, 0) is 26.7 Å². The van der Waals surface area contributed by atoms with Gasteiger partial charge in [0, 0.05) is 29.2 Å². The smallest absolute Gasteiger partial charge is 0.175 e. The number of benzene rings is 1. The number of halogens is 1. The molecule has 2 aliphatic heterocycles. The van der Waals surface area contributed by atoms with Crippen LogP contribution >= 0.6 is 22.9 Å². The number of hydrogen-bond acceptors (Lipinski definition) is 8. The van der Waals surface area contributed by atoms with Gasteiger partial charge in [0.2, 0.25) is 0 Å². The number of piperidine rings is 1. The van der Waals surface area contributed by atoms with E-state index in [2.05, 4.69) is 22.6 Å². The lowest BCUT2D eigenvalue weighted by atomic mass is 9.79. The van der Waals surface area contributed by atoms with Crippen molar-refractivity contribution >= 4 is 32.8 Å². The van der Waals surface area contributed by atoms with Crippen LogP contribution in [0.2, 0.25) is 4.34 Å². The van der Waals surface area contributed by atoms with Crippen molar-refractivity contribution < 1.29 is 18.3 Å². The molecule has 0 unspecified atom stereocenters. The molecule has 5 rings (SSSR count). The molecule has 0 aliphatic carbocycles. The molecule has 33 heavy (non-hydrogen) atoms. The maximum atomic E-state index is 11.7. The Balaban J connectivity index is 1.37. The molecule has 11 heteroatoms. The van der Waals surface area contributed by atoms with Crippen LogP contribution in [0.4, 0.5) is 0 Å². The Morgan fingerprint density at radius 1 is 1.33 bits per heavy atom. The van der Waals surface area contributed by atoms with Gasteiger partial charge in [-0.15, -0.1) is 16.4 Å². The van der Waals surface area contributed by atoms with Crippen molar-refractivity contribution in [2.75, 3.05) is 12.9 Å². The van der Waals surface area contributed by atoms with Crippen molar-refractivity contribution in [2.24, 2.45) is 0 Å². The van der Waals surface area contributed by atoms with Crippen LogP contribution in [-0.4, -0.2) is 47.4 Å². The molecule has 3 aromatic rings. The summed E-state index contributed by atoms with van der Waals surface area (Å²) in [5.41, 5.74) is 2.09. The van der Waals surface area contributed by atoms with E-state index in [0.717, 1.165) is 28.1 Å². The van der Waals surface area contributed by atoms with Crippen LogP contribution in [0.5, 0.6) is 0 Å². The fourth-order valence-electron chi connectivity index (χ4n) is 4.81. The van der Waals surface area contributed by atoms with Gasteiger partial charge in [0.25, 0.3) is 0 Å². The Morgan fingerprint density at radius 2 is 2.09 bits per heavy atom. The molecule has 1 aromatic carbocycles. The number of nitrogens with zero attached hydrogens (tertiary/aromatic N) is 3. The van der Waals surface area contributed by atoms with E-state index in [9.17, 15) is 13.5 Å². The number of hydrogen-bond donors (Lipinski definition) is 2. The summed E-state index contributed by atoms with van der Waals surface area (Å²) in [5.74, 6) is 0. The molecule has 2 aliphatic rings. The summed E-state index contributed by atoms with van der Waals surface area (Å²) < 4.78 is 32.0. The average molecular weight is 509 g/mol. The largest absolute Gasteiger partial charge is 0.386 e. The normalized spacial score (nSPS) is 27.6. The number of thiophene rings is 1. The van der Waals surface area contributed by atoms with Crippen molar-refractivity contribution in [1.29, 1.82) is 0 Å². The predicted octanol–water partition coefficient (Wildman–Crippen LogP) is 3.22. The van der Waals surface area contributed by atoms with Crippen LogP contribution in [0, 0.1) is 0 Å². The molecule has 4 atom stereocenters. The summed E-state index contributed by atoms with van der Waals surface area (Å²) in [6, 6.07) is 8.74. The van der Waals surface area contributed by atoms with Crippen molar-refractivity contribution in [2.45, 2.75) is 55.0 Å². The Hall–Kier alpha value is -1.82. The lowest BCUT2D eigenvalue weighted by Gasteiger charge is -2.46. The summed E-state index contributed by atoms with van der Waals surface area (Å²) in [4.78, 5) is 1.30. The first-order valence-corrected chi connectivity index (χ1v) is 13.8. The molecule has 0 saturated carbocycles. The van der Waals surface area contributed by atoms with Gasteiger partial charge in [-0.25, -0.2) is 13.1 Å². The molecule has 8 nitrogen and oxygen atoms in total. The minimum atomic E-state index is -3.22. The zero-order valence-electron chi connectivity index (χ0n) is 18.2. The maximum absolute atomic E-state index is 11.7. The first kappa shape index (κ1) is 22.9. The molecular formula is C22H25ClN4O4S2. The zero-order chi connectivity index (χ0) is 23.4. The number of nitrogens with one attached hydrogen (secondary N) is 1. The van der Waals surface area contributed by atoms with E-state index < -0.39 is 21.5 Å². The van der Waals surface area contributed by atoms with Crippen LogP contribution < -0.4 is 5.32 Å². The molecule has 1 saturated heterocycles. The minimum absolute atomic E-state index is 0.0703. The zero-order valence-corrected chi connectivity index (χ0v) is 20.6. The molecule has 2 aromatic heterocycles. The topological polar surface area (TPSA) is 106 Å². The molecule has 2 N–H and O–H groups in total. The van der Waals surface area contributed by atoms with Crippen LogP contribution in [0.25, 0.3) is 0 Å². The van der Waals surface area contributed by atoms with Gasteiger partial charge >= 0.3 is 0 Å². The Kier molecular flexibility index (Phi) is 5.87. The second-order valence-electron chi connectivity index (χ2n) is 8.94. The summed E-state index contributed by atoms with van der Waals surface area (Å²) >= 11 is 7.78. The van der Waals surface area contributed by atoms with Gasteiger partial charge in [-0.2, -0.15) is 0 Å². The van der Waals surface area contributed by atoms with Crippen LogP contribution in [0.1, 0.15) is 53.6 Å². The number of fused-ring (bicyclic) bond motifs is 2. The van der Waals surface area contributed by atoms with E-state index in [1.807, 2.05) is 12.3 Å². The maximum Gasteiger partial charge on any atom is 0.175 e. The predicted molar refractivity (Wildman–Crippen MR) is 125 cm³/mol. The molecule has 4 heterocycles. The van der Waals surface area contributed by atoms with Crippen molar-refractivity contribution in [3.63, 3.8) is 0 Å². The second-order valence-corrected chi connectivity index (χ2v) is 12.6. The van der Waals surface area contributed by atoms with Gasteiger partial charge in [0.05, 0.1) is 40.3 Å². The first-order valence-electron chi connectivity index (χ1n) is 10.7. The van der Waals surface area contributed by atoms with E-state index in [4.69, 9.17) is 16.3 Å². The SMILES string of the molecule is C[C@H]1C[C@@]2(C[C@@H](c3cn(Cc4ccc(S(C)(=O)=O)cc4)nn3)N1)OC[C@@H](O)c1cc(Cl)sc12. The van der Waals surface area contributed by atoms with Crippen molar-refractivity contribution in [1.82, 2.24) is 20.3 Å². The van der Waals surface area contributed by atoms with Gasteiger partial charge in [-0.05, 0) is 37.1 Å². The van der Waals surface area contributed by atoms with E-state index >= 15 is 0 Å². The summed E-state index contributed by atoms with van der Waals surface area (Å²) in [6.07, 6.45) is 3.89. The van der Waals surface area contributed by atoms with Gasteiger partial charge in [-0.3, -0.25) is 0 Å². The Bertz CT molecular complexity index is 1270. The summed E-state index contributed by atoms with van der Waals surface area (Å²) in [7, 11) is -3.22. The number of aliphatic hydroxyl groups is 1. The molecule has 1 fully saturated rings. The highest BCUT2D eigenvalue weighted by Gasteiger charge is 2.48. The molecule has 0 radical (unpaired) electrons. The van der Waals surface area contributed by atoms with Gasteiger partial charge < -0.3 is 15.2 Å². The highest BCUT2D eigenvalue weighted by Crippen LogP contribution is 2.51. The Labute approximate surface area is 201 Å². The highest BCUT2D eigenvalue weighted by atomic mass is 35.5. The average Bonchev–Trinajstić information content (AvgIpc) is 3.38. The summed E-state index contributed by atoms with van der Waals surface area (Å²) in [5, 5.41) is 22.7. The van der Waals surface area contributed by atoms with E-state index in [-0.39, 0.29) is 18.7 Å². The first-order chi connectivity index (χ1) is 15.6. The van der Waals surface area contributed by atoms with Crippen LogP contribution in [0.15, 0.2) is 41.4 Å². The fourth-order valence-corrected chi connectivity index (χ4v) is 6.90. The van der Waals surface area contributed by atoms with Gasteiger partial charge in [0.1, 0.15) is 11.7 Å². The Morgan fingerprint density at radius 3 is 2.82 bits per heavy atom. The number of aromatic nitrogens is 3. The molecule has 0 bridgehead atoms. The quantitative estimate of drug-likeness (QED) is 0.557. The van der Waals surface area contributed by atoms with Gasteiger partial charge in [-0.1, -0.05) is 28.9 Å². The third-order valence-corrected chi connectivity index (χ3v) is 8.88. The van der Waals surface area contributed by atoms with E-state index in [1.54, 1.807) is 28.9 Å². The number of aliphatic hydroxyl groups excluding tert-OH is 1. The lowest BCUT2D eigenvalue weighted by Crippen LogP contribution is -2.50. The van der Waals surface area contributed by atoms with Gasteiger partial charge in [0.15, 0.2) is 9.84 Å². The second kappa shape index (κ2) is 8.44. The van der Waals surface area contributed by atoms with E-state index in [0.29, 0.717) is 22.2 Å². The summed E-state index contributed by atoms with van der Waals surface area (Å²) in [6.45, 7) is 2.85. The van der Waals surface area contributed by atoms with E-state index in [1.165, 1.54) is 17.6 Å². The number of ether oxygens (including phenoxy) is 1. The fraction of sp³-hybridized carbons (Fsp3) is 0.455. The monoisotopic (exact) mass is 508 g/mol. The van der Waals surface area contributed by atoms with Crippen molar-refractivity contribution in [3.05, 3.63) is 62.6 Å². The minimum Gasteiger partial charge on any atom is -0.386 e. The third kappa shape index (κ3) is 4.48. The molecular weight excluding hydrogens is 484 g/mol. The standard InChI is InChI=1S/C22H25ClN4O4S2/c1-13-8-22(21-16(7-20(23)32-21)19(28)12-31-22)9-17(24-13)18-11-27(26-25-18)10-14-3-5-15(6-4-14)33(2,29)30/h3-7,11,13,17,19,24,28H,8-10,12H2,1-2H3/t13-,17-,19+,22-/m0/s1. The molecule has 1 spiro atoms. The highest BCUT2D eigenvalue weighted by molar-refractivity contribution is 7.90. The number of rotatable bonds is 4. The van der Waals surface area contributed by atoms with Crippen molar-refractivity contribution in [3.8, 4) is 0 Å². The molecule has 0 amide bonds. The lowest BCUT2D eigenvalue weighted by molar-refractivity contribution is -0.129. The third-order valence-electron chi connectivity index (χ3n) is 6.29. The molecule has 176 valence electrons. The van der Waals surface area contributed by atoms with Crippen LogP contribution in [0.3, 0.4) is 0 Å². The number of sulfone groups is 1.